The summed E-state index contributed by atoms with van der Waals surface area (Å²) in [4.78, 5) is 5.86. The molecule has 0 aliphatic carbocycles. The summed E-state index contributed by atoms with van der Waals surface area (Å²) in [5.41, 5.74) is -0.666. The van der Waals surface area contributed by atoms with Gasteiger partial charge in [-0.05, 0) is 47.8 Å². The van der Waals surface area contributed by atoms with Crippen LogP contribution < -0.4 is 10.2 Å². The second-order valence-corrected chi connectivity index (χ2v) is 6.09. The van der Waals surface area contributed by atoms with Gasteiger partial charge in [-0.25, -0.2) is 4.98 Å². The molecule has 1 aromatic rings. The molecule has 1 saturated heterocycles. The van der Waals surface area contributed by atoms with Crippen LogP contribution in [0.2, 0.25) is 0 Å². The highest BCUT2D eigenvalue weighted by Gasteiger charge is 2.38. The summed E-state index contributed by atoms with van der Waals surface area (Å²) in [5.74, 6) is 0.0494. The summed E-state index contributed by atoms with van der Waals surface area (Å²) >= 11 is 3.08. The number of nitrogens with one attached hydrogen (secondary N) is 1. The monoisotopic (exact) mass is 365 g/mol. The molecule has 21 heavy (non-hydrogen) atoms. The molecular weight excluding hydrogens is 347 g/mol. The van der Waals surface area contributed by atoms with Crippen LogP contribution in [0.1, 0.15) is 31.7 Å². The minimum absolute atomic E-state index is 0.0494. The third-order valence-corrected chi connectivity index (χ3v) is 4.10. The van der Waals surface area contributed by atoms with Crippen molar-refractivity contribution >= 4 is 21.7 Å². The molecule has 0 amide bonds. The Morgan fingerprint density at radius 2 is 2.19 bits per heavy atom. The number of alkyl halides is 3. The van der Waals surface area contributed by atoms with Crippen LogP contribution in [0.3, 0.4) is 0 Å². The molecule has 1 aromatic heterocycles. The fourth-order valence-electron chi connectivity index (χ4n) is 2.67. The lowest BCUT2D eigenvalue weighted by Crippen LogP contribution is -2.46. The molecule has 118 valence electrons. The molecule has 2 heterocycles. The Morgan fingerprint density at radius 1 is 1.43 bits per heavy atom. The third-order valence-electron chi connectivity index (χ3n) is 3.67. The maximum absolute atomic E-state index is 13.3. The van der Waals surface area contributed by atoms with Crippen molar-refractivity contribution in [3.8, 4) is 0 Å². The van der Waals surface area contributed by atoms with Crippen molar-refractivity contribution in [3.63, 3.8) is 0 Å². The zero-order valence-electron chi connectivity index (χ0n) is 11.9. The predicted molar refractivity (Wildman–Crippen MR) is 80.5 cm³/mol. The minimum atomic E-state index is -4.40. The number of aromatic nitrogens is 1. The molecule has 0 radical (unpaired) electrons. The van der Waals surface area contributed by atoms with E-state index in [1.165, 1.54) is 6.20 Å². The highest BCUT2D eigenvalue weighted by Crippen LogP contribution is 2.38. The average Bonchev–Trinajstić information content (AvgIpc) is 2.44. The number of hydrogen-bond donors (Lipinski definition) is 1. The highest BCUT2D eigenvalue weighted by atomic mass is 79.9. The Kier molecular flexibility index (Phi) is 5.48. The van der Waals surface area contributed by atoms with Crippen LogP contribution in [0.5, 0.6) is 0 Å². The van der Waals surface area contributed by atoms with Crippen molar-refractivity contribution in [2.24, 2.45) is 0 Å². The second-order valence-electron chi connectivity index (χ2n) is 5.17. The summed E-state index contributed by atoms with van der Waals surface area (Å²) in [7, 11) is 0. The Bertz CT molecular complexity index is 479. The van der Waals surface area contributed by atoms with E-state index in [9.17, 15) is 13.2 Å². The number of nitrogens with zero attached hydrogens (tertiary/aromatic N) is 2. The quantitative estimate of drug-likeness (QED) is 0.878. The fourth-order valence-corrected chi connectivity index (χ4v) is 3.00. The van der Waals surface area contributed by atoms with Crippen LogP contribution in [0.4, 0.5) is 19.0 Å². The van der Waals surface area contributed by atoms with Gasteiger partial charge in [0.1, 0.15) is 5.82 Å². The topological polar surface area (TPSA) is 28.2 Å². The number of pyridine rings is 1. The number of piperidine rings is 1. The number of hydrogen-bond acceptors (Lipinski definition) is 3. The number of rotatable bonds is 4. The first-order valence-electron chi connectivity index (χ1n) is 7.13. The van der Waals surface area contributed by atoms with Crippen LogP contribution in [0.25, 0.3) is 0 Å². The summed E-state index contributed by atoms with van der Waals surface area (Å²) in [6.45, 7) is 4.11. The first-order valence-corrected chi connectivity index (χ1v) is 7.93. The van der Waals surface area contributed by atoms with E-state index in [0.717, 1.165) is 31.9 Å². The van der Waals surface area contributed by atoms with Gasteiger partial charge in [-0.3, -0.25) is 0 Å². The molecule has 1 atom stereocenters. The Balaban J connectivity index is 2.34. The maximum Gasteiger partial charge on any atom is 0.419 e. The molecule has 3 nitrogen and oxygen atoms in total. The molecule has 0 spiro atoms. The van der Waals surface area contributed by atoms with Gasteiger partial charge < -0.3 is 10.2 Å². The van der Waals surface area contributed by atoms with E-state index < -0.39 is 11.7 Å². The first-order chi connectivity index (χ1) is 9.93. The molecule has 7 heteroatoms. The van der Waals surface area contributed by atoms with Crippen LogP contribution in [-0.2, 0) is 6.18 Å². The predicted octanol–water partition coefficient (Wildman–Crippen LogP) is 3.83. The minimum Gasteiger partial charge on any atom is -0.352 e. The Hall–Kier alpha value is -0.820. The maximum atomic E-state index is 13.3. The van der Waals surface area contributed by atoms with Crippen molar-refractivity contribution in [1.82, 2.24) is 10.3 Å². The normalized spacial score (nSPS) is 19.9. The largest absolute Gasteiger partial charge is 0.419 e. The smallest absolute Gasteiger partial charge is 0.352 e. The van der Waals surface area contributed by atoms with Crippen molar-refractivity contribution < 1.29 is 13.2 Å². The summed E-state index contributed by atoms with van der Waals surface area (Å²) in [5, 5.41) is 3.23. The number of anilines is 1. The van der Waals surface area contributed by atoms with Crippen LogP contribution in [0, 0.1) is 0 Å². The zero-order chi connectivity index (χ0) is 15.5. The van der Waals surface area contributed by atoms with Crippen LogP contribution in [-0.4, -0.2) is 30.7 Å². The van der Waals surface area contributed by atoms with Gasteiger partial charge in [-0.2, -0.15) is 13.2 Å². The lowest BCUT2D eigenvalue weighted by atomic mass is 10.0. The molecule has 0 bridgehead atoms. The van der Waals surface area contributed by atoms with Gasteiger partial charge in [-0.1, -0.05) is 6.92 Å². The van der Waals surface area contributed by atoms with Gasteiger partial charge >= 0.3 is 6.18 Å². The van der Waals surface area contributed by atoms with Gasteiger partial charge in [0.05, 0.1) is 5.56 Å². The van der Waals surface area contributed by atoms with Crippen molar-refractivity contribution in [1.29, 1.82) is 0 Å². The van der Waals surface area contributed by atoms with E-state index in [0.29, 0.717) is 17.6 Å². The first kappa shape index (κ1) is 16.5. The lowest BCUT2D eigenvalue weighted by Gasteiger charge is -2.38. The van der Waals surface area contributed by atoms with E-state index in [2.05, 4.69) is 26.2 Å². The number of likely N-dealkylation sites (N-methyl/N-ethyl adjacent to an activating group) is 1. The SMILES string of the molecule is CCNCC1CCCCN1c1ncc(Br)cc1C(F)(F)F. The van der Waals surface area contributed by atoms with Crippen LogP contribution >= 0.6 is 15.9 Å². The average molecular weight is 366 g/mol. The lowest BCUT2D eigenvalue weighted by molar-refractivity contribution is -0.137. The molecule has 1 N–H and O–H groups in total. The summed E-state index contributed by atoms with van der Waals surface area (Å²) in [6, 6.07) is 1.18. The zero-order valence-corrected chi connectivity index (χ0v) is 13.5. The number of halogens is 4. The van der Waals surface area contributed by atoms with Gasteiger partial charge in [-0.15, -0.1) is 0 Å². The molecular formula is C14H19BrF3N3. The molecule has 1 unspecified atom stereocenters. The van der Waals surface area contributed by atoms with E-state index >= 15 is 0 Å². The molecule has 0 saturated carbocycles. The third kappa shape index (κ3) is 4.10. The molecule has 1 fully saturated rings. The van der Waals surface area contributed by atoms with Gasteiger partial charge in [0, 0.05) is 29.8 Å². The van der Waals surface area contributed by atoms with Crippen molar-refractivity contribution in [3.05, 3.63) is 22.3 Å². The van der Waals surface area contributed by atoms with E-state index in [4.69, 9.17) is 0 Å². The molecule has 0 aromatic carbocycles. The highest BCUT2D eigenvalue weighted by molar-refractivity contribution is 9.10. The second kappa shape index (κ2) is 6.96. The molecule has 1 aliphatic rings. The van der Waals surface area contributed by atoms with Gasteiger partial charge in [0.15, 0.2) is 0 Å². The van der Waals surface area contributed by atoms with Crippen molar-refractivity contribution in [2.45, 2.75) is 38.4 Å². The Morgan fingerprint density at radius 3 is 2.86 bits per heavy atom. The van der Waals surface area contributed by atoms with Crippen molar-refractivity contribution in [2.75, 3.05) is 24.5 Å². The van der Waals surface area contributed by atoms with Gasteiger partial charge in [0.25, 0.3) is 0 Å². The summed E-state index contributed by atoms with van der Waals surface area (Å²) in [6.07, 6.45) is -0.125. The molecule has 1 aliphatic heterocycles. The standard InChI is InChI=1S/C14H19BrF3N3/c1-2-19-9-11-5-3-4-6-21(11)13-12(14(16,17)18)7-10(15)8-20-13/h7-8,11,19H,2-6,9H2,1H3. The van der Waals surface area contributed by atoms with E-state index in [1.807, 2.05) is 6.92 Å². The van der Waals surface area contributed by atoms with Gasteiger partial charge in [0.2, 0.25) is 0 Å². The van der Waals surface area contributed by atoms with E-state index in [1.54, 1.807) is 4.90 Å². The summed E-state index contributed by atoms with van der Waals surface area (Å²) < 4.78 is 40.1. The molecule has 2 rings (SSSR count). The fraction of sp³-hybridized carbons (Fsp3) is 0.643. The Labute approximate surface area is 131 Å². The van der Waals surface area contributed by atoms with Crippen LogP contribution in [0.15, 0.2) is 16.7 Å². The van der Waals surface area contributed by atoms with E-state index in [-0.39, 0.29) is 11.9 Å².